The zero-order valence-electron chi connectivity index (χ0n) is 13.5. The summed E-state index contributed by atoms with van der Waals surface area (Å²) in [6.45, 7) is 4.80. The molecule has 0 saturated heterocycles. The number of hydrogen-bond acceptors (Lipinski definition) is 5. The molecule has 4 N–H and O–H groups in total. The molecular weight excluding hydrogens is 296 g/mol. The van der Waals surface area contributed by atoms with Crippen molar-refractivity contribution in [1.29, 1.82) is 0 Å². The number of nitrogens with two attached hydrogens (primary N) is 1. The second kappa shape index (κ2) is 9.69. The summed E-state index contributed by atoms with van der Waals surface area (Å²) >= 11 is 4.67. The van der Waals surface area contributed by atoms with E-state index in [9.17, 15) is 5.11 Å². The van der Waals surface area contributed by atoms with Gasteiger partial charge in [-0.05, 0) is 12.8 Å². The van der Waals surface area contributed by atoms with Gasteiger partial charge in [-0.3, -0.25) is 4.99 Å². The summed E-state index contributed by atoms with van der Waals surface area (Å²) in [5.41, 5.74) is 7.12. The summed E-state index contributed by atoms with van der Waals surface area (Å²) < 4.78 is 0. The smallest absolute Gasteiger partial charge is 0.194 e. The Labute approximate surface area is 138 Å². The second-order valence-corrected chi connectivity index (χ2v) is 6.19. The number of nitrogens with zero attached hydrogens (tertiary/aromatic N) is 2. The van der Waals surface area contributed by atoms with E-state index in [1.165, 1.54) is 5.57 Å². The van der Waals surface area contributed by atoms with Crippen molar-refractivity contribution in [2.24, 2.45) is 15.7 Å². The van der Waals surface area contributed by atoms with Crippen LogP contribution in [0.15, 0.2) is 33.8 Å². The van der Waals surface area contributed by atoms with E-state index in [4.69, 9.17) is 10.7 Å². The second-order valence-electron chi connectivity index (χ2n) is 5.35. The number of aliphatic hydroxyl groups excluding tert-OH is 1. The van der Waals surface area contributed by atoms with Gasteiger partial charge in [0.1, 0.15) is 10.7 Å². The largest absolute Gasteiger partial charge is 0.396 e. The zero-order valence-corrected chi connectivity index (χ0v) is 14.4. The molecule has 1 rings (SSSR count). The van der Waals surface area contributed by atoms with E-state index in [0.717, 1.165) is 25.1 Å². The van der Waals surface area contributed by atoms with Crippen LogP contribution in [0.4, 0.5) is 0 Å². The Kier molecular flexibility index (Phi) is 8.27. The SMILES string of the molecule is CCC[C@](S)(CCO)N=C1C/C=C(CC)\C=C/CN=C(N)N1. The fourth-order valence-electron chi connectivity index (χ4n) is 2.29. The lowest BCUT2D eigenvalue weighted by atomic mass is 10.1. The first-order chi connectivity index (χ1) is 10.5. The normalized spacial score (nSPS) is 24.6. The minimum atomic E-state index is -0.577. The molecule has 1 atom stereocenters. The van der Waals surface area contributed by atoms with Crippen LogP contribution in [-0.2, 0) is 0 Å². The molecule has 1 heterocycles. The standard InChI is InChI=1S/C16H28N4OS/c1-3-9-16(22,10-12-21)20-14-8-7-13(4-2)6-5-11-18-15(17)19-14/h5-7,21-22H,3-4,8-12H2,1-2H3,(H3,17,18,19,20)/b6-5-,13-7-/t16-/m0/s1. The Balaban J connectivity index is 3.06. The highest BCUT2D eigenvalue weighted by atomic mass is 32.1. The van der Waals surface area contributed by atoms with Crippen LogP contribution in [-0.4, -0.2) is 34.9 Å². The first-order valence-corrected chi connectivity index (χ1v) is 8.32. The van der Waals surface area contributed by atoms with Gasteiger partial charge in [-0.1, -0.05) is 44.1 Å². The summed E-state index contributed by atoms with van der Waals surface area (Å²) in [5, 5.41) is 12.3. The summed E-state index contributed by atoms with van der Waals surface area (Å²) in [6.07, 6.45) is 10.1. The van der Waals surface area contributed by atoms with E-state index >= 15 is 0 Å². The fraction of sp³-hybridized carbons (Fsp3) is 0.625. The van der Waals surface area contributed by atoms with Gasteiger partial charge in [0, 0.05) is 19.4 Å². The van der Waals surface area contributed by atoms with Crippen molar-refractivity contribution in [3.05, 3.63) is 23.8 Å². The monoisotopic (exact) mass is 324 g/mol. The van der Waals surface area contributed by atoms with E-state index < -0.39 is 4.87 Å². The van der Waals surface area contributed by atoms with Gasteiger partial charge in [0.25, 0.3) is 0 Å². The molecule has 0 bridgehead atoms. The molecule has 124 valence electrons. The maximum atomic E-state index is 9.26. The minimum Gasteiger partial charge on any atom is -0.396 e. The molecule has 0 aliphatic carbocycles. The Morgan fingerprint density at radius 1 is 1.45 bits per heavy atom. The topological polar surface area (TPSA) is 83.0 Å². The number of allylic oxidation sites excluding steroid dienone is 2. The highest BCUT2D eigenvalue weighted by Crippen LogP contribution is 2.27. The maximum Gasteiger partial charge on any atom is 0.194 e. The first-order valence-electron chi connectivity index (χ1n) is 7.87. The predicted molar refractivity (Wildman–Crippen MR) is 97.5 cm³/mol. The van der Waals surface area contributed by atoms with Crippen molar-refractivity contribution in [3.8, 4) is 0 Å². The number of thiol groups is 1. The third-order valence-electron chi connectivity index (χ3n) is 3.44. The molecular formula is C16H28N4OS. The lowest BCUT2D eigenvalue weighted by molar-refractivity contribution is 0.266. The number of aliphatic imine (C=N–C) groups is 2. The van der Waals surface area contributed by atoms with Crippen LogP contribution in [0.1, 0.15) is 46.0 Å². The summed E-state index contributed by atoms with van der Waals surface area (Å²) in [6, 6.07) is 0. The van der Waals surface area contributed by atoms with Crippen LogP contribution >= 0.6 is 12.6 Å². The van der Waals surface area contributed by atoms with E-state index in [1.807, 2.05) is 6.08 Å². The van der Waals surface area contributed by atoms with Crippen molar-refractivity contribution in [1.82, 2.24) is 5.32 Å². The fourth-order valence-corrected chi connectivity index (χ4v) is 2.74. The Morgan fingerprint density at radius 2 is 2.23 bits per heavy atom. The van der Waals surface area contributed by atoms with E-state index in [-0.39, 0.29) is 6.61 Å². The number of amidine groups is 1. The molecule has 0 aromatic rings. The molecule has 0 saturated carbocycles. The number of hydrogen-bond donors (Lipinski definition) is 4. The van der Waals surface area contributed by atoms with Crippen molar-refractivity contribution < 1.29 is 5.11 Å². The Hall–Kier alpha value is -1.27. The molecule has 1 aliphatic heterocycles. The van der Waals surface area contributed by atoms with Gasteiger partial charge in [-0.25, -0.2) is 4.99 Å². The molecule has 0 aromatic carbocycles. The molecule has 1 aliphatic rings. The lowest BCUT2D eigenvalue weighted by Crippen LogP contribution is -2.39. The van der Waals surface area contributed by atoms with Crippen LogP contribution in [0, 0.1) is 0 Å². The Morgan fingerprint density at radius 3 is 2.86 bits per heavy atom. The molecule has 0 fully saturated rings. The molecule has 22 heavy (non-hydrogen) atoms. The third kappa shape index (κ3) is 6.66. The van der Waals surface area contributed by atoms with E-state index in [1.54, 1.807) is 0 Å². The average molecular weight is 324 g/mol. The highest BCUT2D eigenvalue weighted by molar-refractivity contribution is 7.81. The van der Waals surface area contributed by atoms with Crippen LogP contribution in [0.5, 0.6) is 0 Å². The number of rotatable bonds is 6. The number of guanidine groups is 1. The van der Waals surface area contributed by atoms with Crippen LogP contribution in [0.3, 0.4) is 0 Å². The van der Waals surface area contributed by atoms with Gasteiger partial charge in [0.05, 0.1) is 6.54 Å². The van der Waals surface area contributed by atoms with Crippen LogP contribution < -0.4 is 11.1 Å². The first kappa shape index (κ1) is 18.8. The quantitative estimate of drug-likeness (QED) is 0.566. The van der Waals surface area contributed by atoms with Gasteiger partial charge in [0.2, 0.25) is 0 Å². The lowest BCUT2D eigenvalue weighted by Gasteiger charge is -2.24. The summed E-state index contributed by atoms with van der Waals surface area (Å²) in [5.74, 6) is 1.09. The minimum absolute atomic E-state index is 0.0582. The third-order valence-corrected chi connectivity index (χ3v) is 3.99. The zero-order chi connectivity index (χ0) is 16.4. The molecule has 5 nitrogen and oxygen atoms in total. The van der Waals surface area contributed by atoms with E-state index in [2.05, 4.69) is 48.9 Å². The van der Waals surface area contributed by atoms with Crippen molar-refractivity contribution in [2.45, 2.75) is 50.8 Å². The van der Waals surface area contributed by atoms with Crippen molar-refractivity contribution in [3.63, 3.8) is 0 Å². The van der Waals surface area contributed by atoms with Gasteiger partial charge in [0.15, 0.2) is 5.96 Å². The maximum absolute atomic E-state index is 9.26. The molecule has 0 amide bonds. The van der Waals surface area contributed by atoms with Gasteiger partial charge in [-0.15, -0.1) is 12.6 Å². The predicted octanol–water partition coefficient (Wildman–Crippen LogP) is 2.39. The molecule has 0 spiro atoms. The van der Waals surface area contributed by atoms with Crippen LogP contribution in [0.25, 0.3) is 0 Å². The Bertz CT molecular complexity index is 463. The summed E-state index contributed by atoms with van der Waals surface area (Å²) in [4.78, 5) is 8.38. The molecule has 0 aromatic heterocycles. The van der Waals surface area contributed by atoms with Gasteiger partial charge in [-0.2, -0.15) is 0 Å². The highest BCUT2D eigenvalue weighted by Gasteiger charge is 2.23. The van der Waals surface area contributed by atoms with Gasteiger partial charge < -0.3 is 16.2 Å². The molecule has 6 heteroatoms. The molecule has 0 radical (unpaired) electrons. The molecule has 0 unspecified atom stereocenters. The van der Waals surface area contributed by atoms with E-state index in [0.29, 0.717) is 25.3 Å². The number of nitrogens with one attached hydrogen (secondary N) is 1. The summed E-state index contributed by atoms with van der Waals surface area (Å²) in [7, 11) is 0. The van der Waals surface area contributed by atoms with Crippen molar-refractivity contribution >= 4 is 24.4 Å². The van der Waals surface area contributed by atoms with Crippen LogP contribution in [0.2, 0.25) is 0 Å². The number of aliphatic hydroxyl groups is 1. The van der Waals surface area contributed by atoms with Gasteiger partial charge >= 0.3 is 0 Å². The van der Waals surface area contributed by atoms with Crippen molar-refractivity contribution in [2.75, 3.05) is 13.2 Å². The average Bonchev–Trinajstić information content (AvgIpc) is 2.46.